The van der Waals surface area contributed by atoms with Gasteiger partial charge in [0, 0.05) is 20.8 Å². The second kappa shape index (κ2) is 23.3. The van der Waals surface area contributed by atoms with Crippen molar-refractivity contribution in [2.45, 2.75) is 0 Å². The molecule has 0 aliphatic carbocycles. The summed E-state index contributed by atoms with van der Waals surface area (Å²) in [5, 5.41) is 0. The molecule has 0 heterocycles. The molecule has 0 saturated heterocycles. The summed E-state index contributed by atoms with van der Waals surface area (Å²) in [6.45, 7) is 0. The van der Waals surface area contributed by atoms with Crippen molar-refractivity contribution in [2.24, 2.45) is 0 Å². The van der Waals surface area contributed by atoms with Crippen LogP contribution in [-0.2, 0) is 54.9 Å². The van der Waals surface area contributed by atoms with Crippen molar-refractivity contribution >= 4 is 96.3 Å². The predicted molar refractivity (Wildman–Crippen MR) is 36.3 cm³/mol. The van der Waals surface area contributed by atoms with Crippen molar-refractivity contribution in [3.8, 4) is 0 Å². The van der Waals surface area contributed by atoms with Gasteiger partial charge in [-0.05, 0) is 0 Å². The van der Waals surface area contributed by atoms with Gasteiger partial charge in [-0.3, -0.25) is 16.8 Å². The minimum Gasteiger partial charge on any atom is -0.870 e. The third-order valence-electron chi connectivity index (χ3n) is 0. The molecule has 0 saturated carbocycles. The van der Waals surface area contributed by atoms with Crippen molar-refractivity contribution in [3.63, 3.8) is 0 Å². The summed E-state index contributed by atoms with van der Waals surface area (Å²) in [5.41, 5.74) is 0. The molecule has 0 fully saturated rings. The van der Waals surface area contributed by atoms with Crippen LogP contribution in [0, 0.1) is 0 Å². The van der Waals surface area contributed by atoms with Crippen LogP contribution in [0.25, 0.3) is 0 Å². The van der Waals surface area contributed by atoms with E-state index in [0.717, 1.165) is 0 Å². The minimum absolute atomic E-state index is 0. The van der Waals surface area contributed by atoms with Crippen molar-refractivity contribution in [1.29, 1.82) is 0 Å². The molecule has 0 unspecified atom stereocenters. The van der Waals surface area contributed by atoms with Crippen LogP contribution in [0.2, 0.25) is 0 Å². The Balaban J connectivity index is -0.00000000970. The van der Waals surface area contributed by atoms with Crippen molar-refractivity contribution in [1.82, 2.24) is 0 Å². The molecule has 0 aromatic carbocycles. The Kier molecular flexibility index (Phi) is 73.9. The van der Waals surface area contributed by atoms with Crippen LogP contribution >= 0.6 is 0 Å². The number of rotatable bonds is 0. The van der Waals surface area contributed by atoms with E-state index in [1.807, 2.05) is 0 Å². The molecule has 0 aromatic rings. The summed E-state index contributed by atoms with van der Waals surface area (Å²) in [5.74, 6) is 0. The van der Waals surface area contributed by atoms with Gasteiger partial charge < -0.3 is 29.2 Å². The Hall–Kier alpha value is 3.22. The second-order valence-electron chi connectivity index (χ2n) is 0.816. The summed E-state index contributed by atoms with van der Waals surface area (Å²) in [6, 6.07) is 0. The molecule has 0 amide bonds. The Morgan fingerprint density at radius 2 is 0.562 bits per heavy atom. The van der Waals surface area contributed by atoms with Gasteiger partial charge in [0.25, 0.3) is 0 Å². The first kappa shape index (κ1) is 50.7. The van der Waals surface area contributed by atoms with E-state index in [1.165, 1.54) is 0 Å². The normalized spacial score (nSPS) is 7.25. The van der Waals surface area contributed by atoms with Crippen LogP contribution in [0.1, 0.15) is 0 Å². The van der Waals surface area contributed by atoms with Crippen LogP contribution in [0.15, 0.2) is 0 Å². The first-order valence-corrected chi connectivity index (χ1v) is 4.00. The quantitative estimate of drug-likeness (QED) is 0.206. The largest absolute Gasteiger partial charge is 2.00 e. The number of hydrogen-bond donors (Lipinski definition) is 0. The van der Waals surface area contributed by atoms with E-state index in [2.05, 4.69) is 0 Å². The molecule has 0 aliphatic rings. The molecular weight excluding hydrogens is 431 g/mol. The van der Waals surface area contributed by atoms with Gasteiger partial charge in [-0.1, -0.05) is 0 Å². The van der Waals surface area contributed by atoms with Gasteiger partial charge in [-0.15, -0.1) is 0 Å². The maximum Gasteiger partial charge on any atom is 2.00 e. The van der Waals surface area contributed by atoms with E-state index in [9.17, 15) is 0 Å². The van der Waals surface area contributed by atoms with E-state index in [0.29, 0.717) is 0 Å². The van der Waals surface area contributed by atoms with Crippen molar-refractivity contribution in [2.75, 3.05) is 0 Å². The van der Waals surface area contributed by atoms with Gasteiger partial charge in [0.15, 0.2) is 0 Å². The SMILES string of the molecule is O=S(=O)([O-])[O-].O=S(=O)([O-])[O-].[Ca+2].[Ca+2].[Cu+].[Cu+].[OH-].[OH-]. The Morgan fingerprint density at radius 3 is 0.562 bits per heavy atom. The zero-order chi connectivity index (χ0) is 9.00. The average molecular weight is 433 g/mol. The molecule has 16 heavy (non-hydrogen) atoms. The minimum atomic E-state index is -5.17. The standard InChI is InChI=1S/2Ca.2Cu.2H2O4S.2H2O/c;;;;2*1-5(2,3)4;;/h;;;;2*(H2,1,2,3,4);2*1H2/q2*+2;2*+1;;;;/p-6. The molecule has 0 atom stereocenters. The zero-order valence-corrected chi connectivity index (χ0v) is 14.9. The predicted octanol–water partition coefficient (Wildman–Crippen LogP) is -3.80. The molecule has 0 bridgehead atoms. The molecular formula is H2Ca2Cu2O10S2. The maximum atomic E-state index is 8.52. The van der Waals surface area contributed by atoms with Gasteiger partial charge in [0.1, 0.15) is 0 Å². The average Bonchev–Trinajstić information content (AvgIpc) is 1.12. The third-order valence-corrected chi connectivity index (χ3v) is 0. The van der Waals surface area contributed by atoms with Crippen LogP contribution in [-0.4, -0.2) is 121 Å². The van der Waals surface area contributed by atoms with Gasteiger partial charge in [0.05, 0.1) is 0 Å². The van der Waals surface area contributed by atoms with Gasteiger partial charge in [-0.2, -0.15) is 0 Å². The fourth-order valence-corrected chi connectivity index (χ4v) is 0. The van der Waals surface area contributed by atoms with Gasteiger partial charge in [-0.25, -0.2) is 0 Å². The molecule has 0 aromatic heterocycles. The second-order valence-corrected chi connectivity index (χ2v) is 2.45. The first-order valence-electron chi connectivity index (χ1n) is 1.33. The van der Waals surface area contributed by atoms with Crippen molar-refractivity contribution in [3.05, 3.63) is 0 Å². The Labute approximate surface area is 173 Å². The van der Waals surface area contributed by atoms with E-state index < -0.39 is 20.8 Å². The number of hydrogen-bond acceptors (Lipinski definition) is 10. The zero-order valence-electron chi connectivity index (χ0n) is 6.99. The monoisotopic (exact) mass is 432 g/mol. The summed E-state index contributed by atoms with van der Waals surface area (Å²) in [6.07, 6.45) is 0. The van der Waals surface area contributed by atoms with E-state index >= 15 is 0 Å². The van der Waals surface area contributed by atoms with E-state index in [4.69, 9.17) is 35.0 Å². The van der Waals surface area contributed by atoms with Crippen LogP contribution in [0.4, 0.5) is 0 Å². The molecule has 10 nitrogen and oxygen atoms in total. The molecule has 0 aliphatic heterocycles. The van der Waals surface area contributed by atoms with Crippen LogP contribution in [0.3, 0.4) is 0 Å². The fourth-order valence-electron chi connectivity index (χ4n) is 0. The summed E-state index contributed by atoms with van der Waals surface area (Å²) < 4.78 is 68.2. The Bertz CT molecular complexity index is 221. The Morgan fingerprint density at radius 1 is 0.562 bits per heavy atom. The summed E-state index contributed by atoms with van der Waals surface area (Å²) >= 11 is 0. The van der Waals surface area contributed by atoms with Gasteiger partial charge in [0.2, 0.25) is 0 Å². The van der Waals surface area contributed by atoms with Gasteiger partial charge >= 0.3 is 110 Å². The molecule has 0 radical (unpaired) electrons. The molecule has 2 N–H and O–H groups in total. The van der Waals surface area contributed by atoms with Crippen LogP contribution < -0.4 is 0 Å². The summed E-state index contributed by atoms with van der Waals surface area (Å²) in [4.78, 5) is 0. The first-order chi connectivity index (χ1) is 4.00. The molecule has 0 rings (SSSR count). The molecule has 16 heteroatoms. The smallest absolute Gasteiger partial charge is 0.870 e. The van der Waals surface area contributed by atoms with Crippen LogP contribution in [0.5, 0.6) is 0 Å². The third kappa shape index (κ3) is 437. The topological polar surface area (TPSA) is 221 Å². The summed E-state index contributed by atoms with van der Waals surface area (Å²) in [7, 11) is -10.3. The van der Waals surface area contributed by atoms with E-state index in [-0.39, 0.29) is 121 Å². The maximum absolute atomic E-state index is 8.52. The fraction of sp³-hybridized carbons (Fsp3) is 0. The molecule has 0 spiro atoms. The van der Waals surface area contributed by atoms with E-state index in [1.54, 1.807) is 0 Å². The van der Waals surface area contributed by atoms with Crippen molar-refractivity contribution < 1.29 is 80.1 Å². The molecule has 100 valence electrons.